The molecule has 0 rings (SSSR count). The van der Waals surface area contributed by atoms with Crippen molar-refractivity contribution < 1.29 is 19.1 Å². The average molecular weight is 632 g/mol. The van der Waals surface area contributed by atoms with E-state index in [4.69, 9.17) is 9.47 Å². The second-order valence-corrected chi connectivity index (χ2v) is 26.0. The minimum absolute atomic E-state index is 0.0447. The van der Waals surface area contributed by atoms with E-state index in [0.29, 0.717) is 12.8 Å². The molecule has 0 heterocycles. The van der Waals surface area contributed by atoms with Gasteiger partial charge in [0, 0.05) is 0 Å². The Morgan fingerprint density at radius 1 is 0.486 bits per heavy atom. The van der Waals surface area contributed by atoms with E-state index >= 15 is 0 Å². The van der Waals surface area contributed by atoms with Crippen LogP contribution in [0.2, 0.25) is 8.87 Å². The molecule has 0 aliphatic heterocycles. The van der Waals surface area contributed by atoms with Crippen molar-refractivity contribution in [2.75, 3.05) is 0 Å². The predicted octanol–water partition coefficient (Wildman–Crippen LogP) is 10.3. The van der Waals surface area contributed by atoms with Crippen molar-refractivity contribution in [3.8, 4) is 0 Å². The van der Waals surface area contributed by atoms with Crippen LogP contribution in [0.5, 0.6) is 0 Å². The number of carbonyl (C=O) groups excluding carboxylic acids is 2. The summed E-state index contributed by atoms with van der Waals surface area (Å²) in [6.07, 6.45) is 22.4. The van der Waals surface area contributed by atoms with E-state index in [1.807, 2.05) is 0 Å². The Balaban J connectivity index is 4.94. The molecule has 0 aromatic rings. The molecule has 0 aliphatic rings. The third-order valence-electron chi connectivity index (χ3n) is 8.20. The van der Waals surface area contributed by atoms with Crippen LogP contribution in [0.3, 0.4) is 0 Å². The summed E-state index contributed by atoms with van der Waals surface area (Å²) >= 11 is -3.15. The molecule has 5 heteroatoms. The SMILES string of the molecule is CCCCCCCCCC(=O)O[CH](C)[Sn]([CH2]CCC)([CH2]CCC)[CH](C)OC(=O)CCCCCCCCC. The van der Waals surface area contributed by atoms with Gasteiger partial charge in [-0.25, -0.2) is 0 Å². The number of carbonyl (C=O) groups is 2. The first-order valence-corrected chi connectivity index (χ1v) is 23.6. The number of hydrogen-bond donors (Lipinski definition) is 0. The second kappa shape index (κ2) is 24.8. The fraction of sp³-hybridized carbons (Fsp3) is 0.938. The van der Waals surface area contributed by atoms with E-state index in [-0.39, 0.29) is 20.2 Å². The fourth-order valence-electron chi connectivity index (χ4n) is 5.48. The molecule has 220 valence electrons. The Hall–Kier alpha value is -0.261. The molecule has 0 amide bonds. The quantitative estimate of drug-likeness (QED) is 0.0542. The third kappa shape index (κ3) is 17.9. The number of hydrogen-bond acceptors (Lipinski definition) is 4. The Kier molecular flexibility index (Phi) is 24.6. The van der Waals surface area contributed by atoms with Crippen molar-refractivity contribution >= 4 is 30.3 Å². The summed E-state index contributed by atoms with van der Waals surface area (Å²) in [5, 5.41) is 0. The summed E-state index contributed by atoms with van der Waals surface area (Å²) in [5.74, 6) is -0.0894. The maximum atomic E-state index is 12.8. The molecule has 2 atom stereocenters. The zero-order valence-corrected chi connectivity index (χ0v) is 28.7. The van der Waals surface area contributed by atoms with Gasteiger partial charge in [0.05, 0.1) is 0 Å². The molecule has 0 bridgehead atoms. The first-order valence-electron chi connectivity index (χ1n) is 16.3. The van der Waals surface area contributed by atoms with E-state index in [0.717, 1.165) is 60.2 Å². The monoisotopic (exact) mass is 632 g/mol. The summed E-state index contributed by atoms with van der Waals surface area (Å²) in [4.78, 5) is 25.6. The zero-order valence-electron chi connectivity index (χ0n) is 25.8. The molecular formula is C32H64O4Sn. The Labute approximate surface area is 235 Å². The van der Waals surface area contributed by atoms with Crippen LogP contribution in [-0.2, 0) is 19.1 Å². The van der Waals surface area contributed by atoms with Crippen molar-refractivity contribution in [2.24, 2.45) is 0 Å². The van der Waals surface area contributed by atoms with Gasteiger partial charge in [-0.15, -0.1) is 0 Å². The number of ether oxygens (including phenoxy) is 2. The molecule has 0 saturated carbocycles. The van der Waals surface area contributed by atoms with Gasteiger partial charge >= 0.3 is 236 Å². The molecule has 0 aliphatic carbocycles. The molecule has 2 unspecified atom stereocenters. The maximum absolute atomic E-state index is 12.8. The molecular weight excluding hydrogens is 567 g/mol. The van der Waals surface area contributed by atoms with Crippen molar-refractivity contribution in [3.63, 3.8) is 0 Å². The van der Waals surface area contributed by atoms with E-state index in [2.05, 4.69) is 41.5 Å². The van der Waals surface area contributed by atoms with Crippen molar-refractivity contribution in [3.05, 3.63) is 0 Å². The Morgan fingerprint density at radius 2 is 0.784 bits per heavy atom. The molecule has 0 radical (unpaired) electrons. The minimum atomic E-state index is -3.15. The van der Waals surface area contributed by atoms with Gasteiger partial charge in [0.25, 0.3) is 0 Å². The number of rotatable bonds is 26. The van der Waals surface area contributed by atoms with Gasteiger partial charge in [0.15, 0.2) is 0 Å². The normalized spacial score (nSPS) is 13.4. The molecule has 0 aromatic carbocycles. The van der Waals surface area contributed by atoms with Crippen molar-refractivity contribution in [1.82, 2.24) is 0 Å². The third-order valence-corrected chi connectivity index (χ3v) is 25.4. The van der Waals surface area contributed by atoms with Gasteiger partial charge < -0.3 is 0 Å². The summed E-state index contributed by atoms with van der Waals surface area (Å²) in [5.41, 5.74) is 0. The summed E-state index contributed by atoms with van der Waals surface area (Å²) in [6.45, 7) is 13.2. The summed E-state index contributed by atoms with van der Waals surface area (Å²) in [6, 6.07) is 0. The van der Waals surface area contributed by atoms with Crippen LogP contribution in [0.1, 0.15) is 170 Å². The van der Waals surface area contributed by atoms with Gasteiger partial charge in [-0.05, 0) is 0 Å². The van der Waals surface area contributed by atoms with E-state index in [1.54, 1.807) is 0 Å². The second-order valence-electron chi connectivity index (χ2n) is 11.4. The van der Waals surface area contributed by atoms with Crippen molar-refractivity contribution in [2.45, 2.75) is 187 Å². The molecule has 0 spiro atoms. The standard InChI is InChI=1S/2C12H23O2.2C4H9.Sn/c2*1-3-5-6-7-8-9-10-11-12(13)14-4-2;2*1-3-4-2;/h2*4H,3,5-11H2,1-2H3;2*1,3-4H2,2H3;. The fourth-order valence-corrected chi connectivity index (χ4v) is 20.6. The van der Waals surface area contributed by atoms with Gasteiger partial charge in [-0.2, -0.15) is 0 Å². The summed E-state index contributed by atoms with van der Waals surface area (Å²) in [7, 11) is 0. The predicted molar refractivity (Wildman–Crippen MR) is 162 cm³/mol. The molecule has 37 heavy (non-hydrogen) atoms. The first-order chi connectivity index (χ1) is 17.9. The van der Waals surface area contributed by atoms with Gasteiger partial charge in [-0.3, -0.25) is 0 Å². The molecule has 0 N–H and O–H groups in total. The summed E-state index contributed by atoms with van der Waals surface area (Å²) < 4.78 is 14.5. The molecule has 4 nitrogen and oxygen atoms in total. The van der Waals surface area contributed by atoms with E-state index in [9.17, 15) is 9.59 Å². The van der Waals surface area contributed by atoms with Gasteiger partial charge in [0.2, 0.25) is 0 Å². The topological polar surface area (TPSA) is 52.6 Å². The van der Waals surface area contributed by atoms with Crippen LogP contribution in [-0.4, -0.2) is 38.6 Å². The number of unbranched alkanes of at least 4 members (excludes halogenated alkanes) is 14. The van der Waals surface area contributed by atoms with E-state index in [1.165, 1.54) is 64.2 Å². The van der Waals surface area contributed by atoms with Crippen LogP contribution in [0.4, 0.5) is 0 Å². The Morgan fingerprint density at radius 3 is 1.11 bits per heavy atom. The van der Waals surface area contributed by atoms with Crippen LogP contribution >= 0.6 is 0 Å². The van der Waals surface area contributed by atoms with Crippen molar-refractivity contribution in [1.29, 1.82) is 0 Å². The molecule has 0 fully saturated rings. The van der Waals surface area contributed by atoms with Crippen LogP contribution < -0.4 is 0 Å². The first kappa shape index (κ1) is 36.7. The Bertz CT molecular complexity index is 503. The van der Waals surface area contributed by atoms with Crippen LogP contribution in [0, 0.1) is 0 Å². The number of esters is 2. The molecule has 0 aromatic heterocycles. The molecule has 0 saturated heterocycles. The van der Waals surface area contributed by atoms with E-state index < -0.39 is 18.4 Å². The van der Waals surface area contributed by atoms with Crippen LogP contribution in [0.15, 0.2) is 0 Å². The van der Waals surface area contributed by atoms with Gasteiger partial charge in [0.1, 0.15) is 0 Å². The average Bonchev–Trinajstić information content (AvgIpc) is 2.87. The van der Waals surface area contributed by atoms with Gasteiger partial charge in [-0.1, -0.05) is 0 Å². The zero-order chi connectivity index (χ0) is 27.8. The van der Waals surface area contributed by atoms with Crippen LogP contribution in [0.25, 0.3) is 0 Å².